The first-order chi connectivity index (χ1) is 10.1. The van der Waals surface area contributed by atoms with E-state index in [4.69, 9.17) is 4.98 Å². The number of rotatable bonds is 3. The van der Waals surface area contributed by atoms with Crippen molar-refractivity contribution in [3.05, 3.63) is 36.3 Å². The average molecular weight is 283 g/mol. The number of nitrogens with zero attached hydrogens (tertiary/aromatic N) is 2. The number of amides is 1. The van der Waals surface area contributed by atoms with Crippen LogP contribution in [0.4, 0.5) is 5.69 Å². The Bertz CT molecular complexity index is 634. The molecule has 2 aromatic rings. The van der Waals surface area contributed by atoms with Gasteiger partial charge in [-0.1, -0.05) is 32.0 Å². The van der Waals surface area contributed by atoms with Crippen LogP contribution in [0, 0.1) is 5.92 Å². The standard InChI is InChI=1S/C17H21N3O/c1-12(2)17(21)19-14-8-4-3-7-13(14)15-11-20-10-6-5-9-16(20)18-15/h3-4,7-8,11-12H,5-6,9-10H2,1-2H3,(H,19,21). The summed E-state index contributed by atoms with van der Waals surface area (Å²) in [5.41, 5.74) is 2.78. The maximum absolute atomic E-state index is 12.0. The maximum atomic E-state index is 12.0. The van der Waals surface area contributed by atoms with Gasteiger partial charge in [0.15, 0.2) is 0 Å². The van der Waals surface area contributed by atoms with Crippen molar-refractivity contribution in [2.75, 3.05) is 5.32 Å². The number of benzene rings is 1. The molecule has 1 amide bonds. The third-order valence-electron chi connectivity index (χ3n) is 3.89. The van der Waals surface area contributed by atoms with Gasteiger partial charge in [0.1, 0.15) is 5.82 Å². The van der Waals surface area contributed by atoms with Gasteiger partial charge in [-0.3, -0.25) is 4.79 Å². The molecule has 1 N–H and O–H groups in total. The largest absolute Gasteiger partial charge is 0.334 e. The van der Waals surface area contributed by atoms with Crippen molar-refractivity contribution >= 4 is 11.6 Å². The number of aromatic nitrogens is 2. The van der Waals surface area contributed by atoms with Crippen molar-refractivity contribution in [3.8, 4) is 11.3 Å². The SMILES string of the molecule is CC(C)C(=O)Nc1ccccc1-c1cn2c(n1)CCCC2. The Morgan fingerprint density at radius 2 is 2.10 bits per heavy atom. The number of carbonyl (C=O) groups is 1. The number of para-hydroxylation sites is 1. The quantitative estimate of drug-likeness (QED) is 0.937. The van der Waals surface area contributed by atoms with Gasteiger partial charge in [-0.25, -0.2) is 4.98 Å². The first-order valence-electron chi connectivity index (χ1n) is 7.61. The van der Waals surface area contributed by atoms with Crippen LogP contribution < -0.4 is 5.32 Å². The molecule has 0 saturated carbocycles. The molecule has 1 aliphatic rings. The molecule has 0 bridgehead atoms. The number of hydrogen-bond donors (Lipinski definition) is 1. The molecule has 0 fully saturated rings. The predicted octanol–water partition coefficient (Wildman–Crippen LogP) is 3.48. The summed E-state index contributed by atoms with van der Waals surface area (Å²) in [6, 6.07) is 7.88. The molecule has 2 heterocycles. The fraction of sp³-hybridized carbons (Fsp3) is 0.412. The van der Waals surface area contributed by atoms with Gasteiger partial charge >= 0.3 is 0 Å². The zero-order valence-electron chi connectivity index (χ0n) is 12.6. The highest BCUT2D eigenvalue weighted by molar-refractivity contribution is 5.96. The second-order valence-corrected chi connectivity index (χ2v) is 5.88. The minimum absolute atomic E-state index is 0.0337. The number of nitrogens with one attached hydrogen (secondary N) is 1. The second kappa shape index (κ2) is 5.72. The van der Waals surface area contributed by atoms with E-state index in [1.165, 1.54) is 12.8 Å². The van der Waals surface area contributed by atoms with E-state index in [-0.39, 0.29) is 11.8 Å². The normalized spacial score (nSPS) is 14.0. The molecule has 0 saturated heterocycles. The number of anilines is 1. The Kier molecular flexibility index (Phi) is 3.78. The van der Waals surface area contributed by atoms with Gasteiger partial charge in [-0.15, -0.1) is 0 Å². The van der Waals surface area contributed by atoms with Crippen LogP contribution in [0.1, 0.15) is 32.5 Å². The fourth-order valence-corrected chi connectivity index (χ4v) is 2.63. The monoisotopic (exact) mass is 283 g/mol. The molecule has 4 nitrogen and oxygen atoms in total. The number of imidazole rings is 1. The zero-order valence-corrected chi connectivity index (χ0v) is 12.6. The predicted molar refractivity (Wildman–Crippen MR) is 84.1 cm³/mol. The first-order valence-corrected chi connectivity index (χ1v) is 7.61. The summed E-state index contributed by atoms with van der Waals surface area (Å²) in [5, 5.41) is 3.00. The third-order valence-corrected chi connectivity index (χ3v) is 3.89. The molecule has 21 heavy (non-hydrogen) atoms. The van der Waals surface area contributed by atoms with Crippen molar-refractivity contribution < 1.29 is 4.79 Å². The summed E-state index contributed by atoms with van der Waals surface area (Å²) in [4.78, 5) is 16.7. The van der Waals surface area contributed by atoms with E-state index in [0.717, 1.165) is 35.7 Å². The van der Waals surface area contributed by atoms with E-state index in [9.17, 15) is 4.79 Å². The number of carbonyl (C=O) groups excluding carboxylic acids is 1. The van der Waals surface area contributed by atoms with E-state index >= 15 is 0 Å². The van der Waals surface area contributed by atoms with Crippen LogP contribution in [0.25, 0.3) is 11.3 Å². The molecule has 110 valence electrons. The Hall–Kier alpha value is -2.10. The Morgan fingerprint density at radius 3 is 2.86 bits per heavy atom. The summed E-state index contributed by atoms with van der Waals surface area (Å²) in [6.07, 6.45) is 5.58. The summed E-state index contributed by atoms with van der Waals surface area (Å²) < 4.78 is 2.24. The smallest absolute Gasteiger partial charge is 0.226 e. The molecule has 0 radical (unpaired) electrons. The maximum Gasteiger partial charge on any atom is 0.226 e. The van der Waals surface area contributed by atoms with Gasteiger partial charge in [0.25, 0.3) is 0 Å². The van der Waals surface area contributed by atoms with Crippen LogP contribution in [0.5, 0.6) is 0 Å². The topological polar surface area (TPSA) is 46.9 Å². The van der Waals surface area contributed by atoms with E-state index in [1.807, 2.05) is 38.1 Å². The van der Waals surface area contributed by atoms with E-state index < -0.39 is 0 Å². The van der Waals surface area contributed by atoms with Crippen LogP contribution in [-0.4, -0.2) is 15.5 Å². The van der Waals surface area contributed by atoms with Crippen molar-refractivity contribution in [1.29, 1.82) is 0 Å². The molecule has 0 spiro atoms. The lowest BCUT2D eigenvalue weighted by Gasteiger charge is -2.11. The van der Waals surface area contributed by atoms with Gasteiger partial charge in [0, 0.05) is 30.6 Å². The molecule has 0 aliphatic carbocycles. The molecular formula is C17H21N3O. The van der Waals surface area contributed by atoms with Crippen LogP contribution >= 0.6 is 0 Å². The molecule has 1 aromatic carbocycles. The van der Waals surface area contributed by atoms with Gasteiger partial charge in [-0.05, 0) is 18.9 Å². The highest BCUT2D eigenvalue weighted by atomic mass is 16.1. The molecule has 1 aliphatic heterocycles. The number of aryl methyl sites for hydroxylation is 2. The van der Waals surface area contributed by atoms with Crippen LogP contribution in [0.15, 0.2) is 30.5 Å². The highest BCUT2D eigenvalue weighted by Gasteiger charge is 2.16. The lowest BCUT2D eigenvalue weighted by atomic mass is 10.1. The van der Waals surface area contributed by atoms with Crippen LogP contribution in [0.3, 0.4) is 0 Å². The average Bonchev–Trinajstić information content (AvgIpc) is 2.91. The highest BCUT2D eigenvalue weighted by Crippen LogP contribution is 2.29. The Morgan fingerprint density at radius 1 is 1.29 bits per heavy atom. The summed E-state index contributed by atoms with van der Waals surface area (Å²) in [6.45, 7) is 4.84. The van der Waals surface area contributed by atoms with Crippen molar-refractivity contribution in [2.45, 2.75) is 39.7 Å². The van der Waals surface area contributed by atoms with Crippen molar-refractivity contribution in [2.24, 2.45) is 5.92 Å². The Balaban J connectivity index is 1.95. The lowest BCUT2D eigenvalue weighted by molar-refractivity contribution is -0.118. The number of hydrogen-bond acceptors (Lipinski definition) is 2. The molecule has 0 atom stereocenters. The summed E-state index contributed by atoms with van der Waals surface area (Å²) in [7, 11) is 0. The molecule has 0 unspecified atom stereocenters. The van der Waals surface area contributed by atoms with E-state index in [1.54, 1.807) is 0 Å². The Labute approximate surface area is 125 Å². The molecule has 3 rings (SSSR count). The second-order valence-electron chi connectivity index (χ2n) is 5.88. The van der Waals surface area contributed by atoms with Gasteiger partial charge < -0.3 is 9.88 Å². The minimum Gasteiger partial charge on any atom is -0.334 e. The zero-order chi connectivity index (χ0) is 14.8. The van der Waals surface area contributed by atoms with E-state index in [2.05, 4.69) is 16.1 Å². The summed E-state index contributed by atoms with van der Waals surface area (Å²) in [5.74, 6) is 1.15. The van der Waals surface area contributed by atoms with Crippen LogP contribution in [0.2, 0.25) is 0 Å². The van der Waals surface area contributed by atoms with Gasteiger partial charge in [0.05, 0.1) is 11.4 Å². The number of fused-ring (bicyclic) bond motifs is 1. The lowest BCUT2D eigenvalue weighted by Crippen LogP contribution is -2.18. The third kappa shape index (κ3) is 2.84. The van der Waals surface area contributed by atoms with Gasteiger partial charge in [-0.2, -0.15) is 0 Å². The van der Waals surface area contributed by atoms with E-state index in [0.29, 0.717) is 0 Å². The molecular weight excluding hydrogens is 262 g/mol. The first kappa shape index (κ1) is 13.9. The molecule has 1 aromatic heterocycles. The van der Waals surface area contributed by atoms with Crippen molar-refractivity contribution in [1.82, 2.24) is 9.55 Å². The minimum atomic E-state index is -0.0340. The van der Waals surface area contributed by atoms with Crippen LogP contribution in [-0.2, 0) is 17.8 Å². The van der Waals surface area contributed by atoms with Gasteiger partial charge in [0.2, 0.25) is 5.91 Å². The molecule has 4 heteroatoms. The fourth-order valence-electron chi connectivity index (χ4n) is 2.63. The van der Waals surface area contributed by atoms with Crippen molar-refractivity contribution in [3.63, 3.8) is 0 Å². The summed E-state index contributed by atoms with van der Waals surface area (Å²) >= 11 is 0.